The molecule has 15 heteroatoms. The monoisotopic (exact) mass is 634 g/mol. The first-order chi connectivity index (χ1) is 18.4. The van der Waals surface area contributed by atoms with Gasteiger partial charge in [-0.3, -0.25) is 9.59 Å². The van der Waals surface area contributed by atoms with E-state index in [1.165, 1.54) is 46.6 Å². The molecule has 0 unspecified atom stereocenters. The second-order valence-corrected chi connectivity index (χ2v) is 14.8. The summed E-state index contributed by atoms with van der Waals surface area (Å²) in [6, 6.07) is 7.79. The molecule has 2 amide bonds. The number of hydrogen-bond acceptors (Lipinski definition) is 7. The second-order valence-electron chi connectivity index (χ2n) is 9.25. The minimum absolute atomic E-state index is 0.0366. The van der Waals surface area contributed by atoms with Crippen molar-refractivity contribution >= 4 is 72.5 Å². The number of likely N-dealkylation sites (tertiary alicyclic amines) is 2. The average molecular weight is 636 g/mol. The molecule has 0 saturated carbocycles. The molecule has 2 N–H and O–H groups in total. The number of nitrogens with one attached hydrogen (secondary N) is 2. The molecule has 0 aliphatic carbocycles. The zero-order valence-corrected chi connectivity index (χ0v) is 24.7. The Labute approximate surface area is 242 Å². The molecule has 2 atom stereocenters. The molecule has 2 aliphatic heterocycles. The van der Waals surface area contributed by atoms with Gasteiger partial charge in [-0.1, -0.05) is 23.2 Å². The highest BCUT2D eigenvalue weighted by atomic mass is 35.5. The van der Waals surface area contributed by atoms with Gasteiger partial charge >= 0.3 is 0 Å². The molecule has 0 bridgehead atoms. The highest BCUT2D eigenvalue weighted by Crippen LogP contribution is 2.23. The van der Waals surface area contributed by atoms with Gasteiger partial charge in [0.05, 0.1) is 15.8 Å². The zero-order valence-electron chi connectivity index (χ0n) is 20.8. The lowest BCUT2D eigenvalue weighted by Gasteiger charge is -2.34. The van der Waals surface area contributed by atoms with E-state index >= 15 is 0 Å². The maximum atomic E-state index is 13.1. The van der Waals surface area contributed by atoms with Crippen molar-refractivity contribution in [2.24, 2.45) is 0 Å². The van der Waals surface area contributed by atoms with E-state index in [9.17, 15) is 26.4 Å². The molecule has 2 fully saturated rings. The Morgan fingerprint density at radius 1 is 1.03 bits per heavy atom. The zero-order chi connectivity index (χ0) is 28.2. The first-order valence-corrected chi connectivity index (χ1v) is 16.8. The second kappa shape index (κ2) is 12.7. The van der Waals surface area contributed by atoms with Crippen LogP contribution in [0.25, 0.3) is 6.08 Å². The first-order valence-electron chi connectivity index (χ1n) is 12.2. The predicted molar refractivity (Wildman–Crippen MR) is 151 cm³/mol. The molecule has 0 spiro atoms. The molecule has 1 aromatic carbocycles. The summed E-state index contributed by atoms with van der Waals surface area (Å²) < 4.78 is 55.9. The van der Waals surface area contributed by atoms with Crippen molar-refractivity contribution in [3.8, 4) is 0 Å². The lowest BCUT2D eigenvalue weighted by Crippen LogP contribution is -2.55. The van der Waals surface area contributed by atoms with Crippen molar-refractivity contribution < 1.29 is 26.4 Å². The van der Waals surface area contributed by atoms with Crippen LogP contribution in [-0.4, -0.2) is 76.7 Å². The molecule has 3 heterocycles. The number of carbonyl (C=O) groups excluding carboxylic acids is 2. The smallest absolute Gasteiger partial charge is 0.242 e. The van der Waals surface area contributed by atoms with Crippen LogP contribution in [-0.2, 0) is 29.6 Å². The SMILES string of the molecule is O=C1[C@@H](NS(=O)(=O)C=Cc2ccc(Cl)s2)CCCN1CC(=O)N1CCC[C@@H]1CNS(=O)(=O)c1ccc(Cl)cc1. The maximum absolute atomic E-state index is 13.1. The van der Waals surface area contributed by atoms with Crippen molar-refractivity contribution in [3.63, 3.8) is 0 Å². The van der Waals surface area contributed by atoms with Gasteiger partial charge in [0.25, 0.3) is 0 Å². The number of carbonyl (C=O) groups is 2. The standard InChI is InChI=1S/C24H28Cl2N4O6S3/c25-17-5-8-20(9-6-17)39(35,36)27-15-18-3-1-13-30(18)23(31)16-29-12-2-4-21(24(29)32)28-38(33,34)14-11-19-7-10-22(26)37-19/h5-11,14,18,21,27-28H,1-4,12-13,15-16H2/t18-,21+/m1/s1. The molecule has 212 valence electrons. The van der Waals surface area contributed by atoms with E-state index in [1.807, 2.05) is 0 Å². The fraction of sp³-hybridized carbons (Fsp3) is 0.417. The van der Waals surface area contributed by atoms with E-state index in [-0.39, 0.29) is 29.9 Å². The van der Waals surface area contributed by atoms with Gasteiger partial charge in [0.2, 0.25) is 31.9 Å². The summed E-state index contributed by atoms with van der Waals surface area (Å²) in [5.41, 5.74) is 0. The third kappa shape index (κ3) is 8.03. The van der Waals surface area contributed by atoms with Crippen molar-refractivity contribution in [3.05, 3.63) is 56.0 Å². The number of benzene rings is 1. The summed E-state index contributed by atoms with van der Waals surface area (Å²) >= 11 is 12.9. The van der Waals surface area contributed by atoms with Gasteiger partial charge in [-0.25, -0.2) is 21.6 Å². The van der Waals surface area contributed by atoms with Gasteiger partial charge in [-0.05, 0) is 68.2 Å². The molecule has 4 rings (SSSR count). The third-order valence-corrected chi connectivity index (χ3v) is 10.5. The van der Waals surface area contributed by atoms with Gasteiger partial charge in [-0.15, -0.1) is 11.3 Å². The normalized spacial score (nSPS) is 20.7. The summed E-state index contributed by atoms with van der Waals surface area (Å²) in [6.07, 6.45) is 3.58. The van der Waals surface area contributed by atoms with Crippen LogP contribution >= 0.6 is 34.5 Å². The molecule has 2 aliphatic rings. The first kappa shape index (κ1) is 30.0. The summed E-state index contributed by atoms with van der Waals surface area (Å²) in [5, 5.41) is 1.41. The number of sulfonamides is 2. The van der Waals surface area contributed by atoms with Crippen LogP contribution in [0.1, 0.15) is 30.6 Å². The molecule has 0 radical (unpaired) electrons. The van der Waals surface area contributed by atoms with Crippen molar-refractivity contribution in [1.82, 2.24) is 19.2 Å². The van der Waals surface area contributed by atoms with Crippen LogP contribution in [0.5, 0.6) is 0 Å². The predicted octanol–water partition coefficient (Wildman–Crippen LogP) is 2.91. The average Bonchev–Trinajstić information content (AvgIpc) is 3.53. The number of thiophene rings is 1. The molecule has 1 aromatic heterocycles. The van der Waals surface area contributed by atoms with Gasteiger partial charge in [-0.2, -0.15) is 4.72 Å². The van der Waals surface area contributed by atoms with E-state index in [0.717, 1.165) is 5.41 Å². The third-order valence-electron chi connectivity index (χ3n) is 6.50. The van der Waals surface area contributed by atoms with E-state index in [2.05, 4.69) is 9.44 Å². The lowest BCUT2D eigenvalue weighted by molar-refractivity contribution is -0.143. The van der Waals surface area contributed by atoms with Crippen molar-refractivity contribution in [1.29, 1.82) is 0 Å². The fourth-order valence-corrected chi connectivity index (χ4v) is 7.82. The van der Waals surface area contributed by atoms with Crippen LogP contribution < -0.4 is 9.44 Å². The number of piperidine rings is 1. The Morgan fingerprint density at radius 2 is 1.74 bits per heavy atom. The molecule has 10 nitrogen and oxygen atoms in total. The van der Waals surface area contributed by atoms with Crippen LogP contribution in [0.4, 0.5) is 0 Å². The highest BCUT2D eigenvalue weighted by molar-refractivity contribution is 7.92. The molecule has 2 aromatic rings. The van der Waals surface area contributed by atoms with Crippen molar-refractivity contribution in [2.45, 2.75) is 42.7 Å². The minimum Gasteiger partial charge on any atom is -0.337 e. The van der Waals surface area contributed by atoms with Gasteiger partial charge in [0.15, 0.2) is 0 Å². The lowest BCUT2D eigenvalue weighted by atomic mass is 10.1. The molecular weight excluding hydrogens is 607 g/mol. The van der Waals surface area contributed by atoms with Gasteiger partial charge < -0.3 is 9.80 Å². The van der Waals surface area contributed by atoms with E-state index in [1.54, 1.807) is 17.0 Å². The van der Waals surface area contributed by atoms with E-state index in [0.29, 0.717) is 53.0 Å². The molecule has 2 saturated heterocycles. The summed E-state index contributed by atoms with van der Waals surface area (Å²) in [5.74, 6) is -0.778. The van der Waals surface area contributed by atoms with Crippen molar-refractivity contribution in [2.75, 3.05) is 26.2 Å². The fourth-order valence-electron chi connectivity index (χ4n) is 4.55. The number of amides is 2. The Bertz CT molecular complexity index is 1440. The van der Waals surface area contributed by atoms with Crippen LogP contribution in [0.2, 0.25) is 9.36 Å². The topological polar surface area (TPSA) is 133 Å². The largest absolute Gasteiger partial charge is 0.337 e. The number of halogens is 2. The maximum Gasteiger partial charge on any atom is 0.242 e. The minimum atomic E-state index is -3.91. The van der Waals surface area contributed by atoms with Crippen LogP contribution in [0, 0.1) is 0 Å². The Morgan fingerprint density at radius 3 is 2.44 bits per heavy atom. The summed E-state index contributed by atoms with van der Waals surface area (Å²) in [6.45, 7) is 0.603. The number of hydrogen-bond donors (Lipinski definition) is 2. The Hall–Kier alpha value is -2.00. The van der Waals surface area contributed by atoms with Crippen LogP contribution in [0.3, 0.4) is 0 Å². The molecule has 39 heavy (non-hydrogen) atoms. The number of nitrogens with zero attached hydrogens (tertiary/aromatic N) is 2. The Kier molecular flexibility index (Phi) is 9.74. The van der Waals surface area contributed by atoms with E-state index < -0.39 is 32.0 Å². The number of rotatable bonds is 10. The highest BCUT2D eigenvalue weighted by Gasteiger charge is 2.35. The van der Waals surface area contributed by atoms with Crippen LogP contribution in [0.15, 0.2) is 46.7 Å². The summed E-state index contributed by atoms with van der Waals surface area (Å²) in [4.78, 5) is 29.8. The molecular formula is C24H28Cl2N4O6S3. The quantitative estimate of drug-likeness (QED) is 0.413. The van der Waals surface area contributed by atoms with E-state index in [4.69, 9.17) is 23.2 Å². The van der Waals surface area contributed by atoms with Gasteiger partial charge in [0.1, 0.15) is 6.04 Å². The summed E-state index contributed by atoms with van der Waals surface area (Å²) in [7, 11) is -7.69. The Balaban J connectivity index is 1.33. The van der Waals surface area contributed by atoms with Gasteiger partial charge in [0, 0.05) is 41.0 Å².